The van der Waals surface area contributed by atoms with Gasteiger partial charge in [0.05, 0.1) is 6.10 Å². The minimum Gasteiger partial charge on any atom is -0.376 e. The lowest BCUT2D eigenvalue weighted by molar-refractivity contribution is 0.120. The lowest BCUT2D eigenvalue weighted by Crippen LogP contribution is -2.47. The number of ether oxygens (including phenoxy) is 1. The standard InChI is InChI=1S/C17H23N7O/c1-3-14(25-12-1)13-21-15-4-7-20-17(22-15)24-10-8-23(9-11-24)16-18-5-2-6-19-16/h2,4-7,14H,1,3,8-13H2,(H,20,21,22). The van der Waals surface area contributed by atoms with E-state index in [1.165, 1.54) is 0 Å². The van der Waals surface area contributed by atoms with Crippen molar-refractivity contribution in [2.45, 2.75) is 18.9 Å². The molecular weight excluding hydrogens is 318 g/mol. The molecule has 0 aromatic carbocycles. The molecule has 1 atom stereocenters. The van der Waals surface area contributed by atoms with Gasteiger partial charge < -0.3 is 19.9 Å². The van der Waals surface area contributed by atoms with E-state index in [1.54, 1.807) is 12.4 Å². The van der Waals surface area contributed by atoms with Gasteiger partial charge in [0.25, 0.3) is 0 Å². The normalized spacial score (nSPS) is 20.7. The Balaban J connectivity index is 1.34. The highest BCUT2D eigenvalue weighted by molar-refractivity contribution is 5.43. The maximum Gasteiger partial charge on any atom is 0.227 e. The quantitative estimate of drug-likeness (QED) is 0.869. The van der Waals surface area contributed by atoms with Gasteiger partial charge in [0.1, 0.15) is 5.82 Å². The molecule has 2 aliphatic rings. The number of nitrogens with zero attached hydrogens (tertiary/aromatic N) is 6. The van der Waals surface area contributed by atoms with Crippen molar-refractivity contribution in [3.8, 4) is 0 Å². The predicted molar refractivity (Wildman–Crippen MR) is 96.0 cm³/mol. The summed E-state index contributed by atoms with van der Waals surface area (Å²) in [6.45, 7) is 5.11. The van der Waals surface area contributed by atoms with Crippen LogP contribution in [0.2, 0.25) is 0 Å². The molecule has 0 spiro atoms. The Morgan fingerprint density at radius 3 is 2.44 bits per heavy atom. The van der Waals surface area contributed by atoms with Gasteiger partial charge >= 0.3 is 0 Å². The van der Waals surface area contributed by atoms with E-state index >= 15 is 0 Å². The molecule has 0 amide bonds. The number of aromatic nitrogens is 4. The summed E-state index contributed by atoms with van der Waals surface area (Å²) < 4.78 is 5.64. The first-order valence-electron chi connectivity index (χ1n) is 8.84. The van der Waals surface area contributed by atoms with E-state index in [1.807, 2.05) is 18.3 Å². The first-order valence-corrected chi connectivity index (χ1v) is 8.84. The zero-order valence-corrected chi connectivity index (χ0v) is 14.2. The Kier molecular flexibility index (Phi) is 4.87. The summed E-state index contributed by atoms with van der Waals surface area (Å²) in [7, 11) is 0. The largest absolute Gasteiger partial charge is 0.376 e. The fraction of sp³-hybridized carbons (Fsp3) is 0.529. The summed E-state index contributed by atoms with van der Waals surface area (Å²) in [5.41, 5.74) is 0. The van der Waals surface area contributed by atoms with Crippen molar-refractivity contribution in [3.05, 3.63) is 30.7 Å². The second kappa shape index (κ2) is 7.60. The van der Waals surface area contributed by atoms with E-state index in [9.17, 15) is 0 Å². The smallest absolute Gasteiger partial charge is 0.227 e. The zero-order chi connectivity index (χ0) is 16.9. The Morgan fingerprint density at radius 2 is 1.72 bits per heavy atom. The minimum absolute atomic E-state index is 0.299. The van der Waals surface area contributed by atoms with E-state index in [2.05, 4.69) is 35.1 Å². The summed E-state index contributed by atoms with van der Waals surface area (Å²) in [5, 5.41) is 3.37. The van der Waals surface area contributed by atoms with Crippen LogP contribution in [0.15, 0.2) is 30.7 Å². The van der Waals surface area contributed by atoms with Crippen LogP contribution in [0.25, 0.3) is 0 Å². The maximum absolute atomic E-state index is 5.64. The topological polar surface area (TPSA) is 79.3 Å². The molecule has 25 heavy (non-hydrogen) atoms. The SMILES string of the molecule is c1cnc(N2CCN(c3nccc(NCC4CCCO4)n3)CC2)nc1. The number of rotatable bonds is 5. The maximum atomic E-state index is 5.64. The van der Waals surface area contributed by atoms with Gasteiger partial charge in [0, 0.05) is 57.9 Å². The molecule has 132 valence electrons. The molecule has 1 N–H and O–H groups in total. The average molecular weight is 341 g/mol. The Labute approximate surface area is 147 Å². The lowest BCUT2D eigenvalue weighted by Gasteiger charge is -2.34. The highest BCUT2D eigenvalue weighted by atomic mass is 16.5. The highest BCUT2D eigenvalue weighted by Crippen LogP contribution is 2.17. The van der Waals surface area contributed by atoms with Gasteiger partial charge in [-0.3, -0.25) is 0 Å². The Hall–Kier alpha value is -2.48. The first kappa shape index (κ1) is 16.0. The van der Waals surface area contributed by atoms with Crippen LogP contribution in [-0.2, 0) is 4.74 Å². The number of nitrogens with one attached hydrogen (secondary N) is 1. The average Bonchev–Trinajstić information content (AvgIpc) is 3.21. The summed E-state index contributed by atoms with van der Waals surface area (Å²) in [6.07, 6.45) is 7.94. The number of hydrogen-bond acceptors (Lipinski definition) is 8. The third kappa shape index (κ3) is 3.96. The highest BCUT2D eigenvalue weighted by Gasteiger charge is 2.21. The summed E-state index contributed by atoms with van der Waals surface area (Å²) in [4.78, 5) is 22.1. The van der Waals surface area contributed by atoms with Crippen molar-refractivity contribution in [1.29, 1.82) is 0 Å². The van der Waals surface area contributed by atoms with Gasteiger partial charge in [-0.1, -0.05) is 0 Å². The number of piperazine rings is 1. The fourth-order valence-corrected chi connectivity index (χ4v) is 3.18. The van der Waals surface area contributed by atoms with Crippen molar-refractivity contribution < 1.29 is 4.74 Å². The van der Waals surface area contributed by atoms with Crippen LogP contribution in [0, 0.1) is 0 Å². The van der Waals surface area contributed by atoms with Crippen LogP contribution in [0.5, 0.6) is 0 Å². The van der Waals surface area contributed by atoms with E-state index in [0.717, 1.165) is 69.9 Å². The molecule has 2 fully saturated rings. The summed E-state index contributed by atoms with van der Waals surface area (Å²) >= 11 is 0. The molecule has 1 unspecified atom stereocenters. The van der Waals surface area contributed by atoms with Crippen LogP contribution in [-0.4, -0.2) is 65.4 Å². The van der Waals surface area contributed by atoms with Gasteiger partial charge in [0.15, 0.2) is 0 Å². The van der Waals surface area contributed by atoms with Crippen molar-refractivity contribution in [2.24, 2.45) is 0 Å². The molecule has 2 saturated heterocycles. The summed E-state index contributed by atoms with van der Waals surface area (Å²) in [5.74, 6) is 2.41. The molecule has 2 aromatic heterocycles. The van der Waals surface area contributed by atoms with E-state index in [-0.39, 0.29) is 0 Å². The molecule has 0 aliphatic carbocycles. The van der Waals surface area contributed by atoms with Crippen LogP contribution < -0.4 is 15.1 Å². The van der Waals surface area contributed by atoms with Gasteiger partial charge in [-0.05, 0) is 25.0 Å². The van der Waals surface area contributed by atoms with Crippen LogP contribution in [0.4, 0.5) is 17.7 Å². The van der Waals surface area contributed by atoms with Gasteiger partial charge in [0.2, 0.25) is 11.9 Å². The van der Waals surface area contributed by atoms with E-state index in [0.29, 0.717) is 6.10 Å². The molecule has 4 heterocycles. The molecule has 0 bridgehead atoms. The summed E-state index contributed by atoms with van der Waals surface area (Å²) in [6, 6.07) is 3.75. The monoisotopic (exact) mass is 341 g/mol. The second-order valence-electron chi connectivity index (χ2n) is 6.28. The van der Waals surface area contributed by atoms with Crippen molar-refractivity contribution >= 4 is 17.7 Å². The molecule has 4 rings (SSSR count). The van der Waals surface area contributed by atoms with Crippen LogP contribution in [0.1, 0.15) is 12.8 Å². The molecule has 0 saturated carbocycles. The molecule has 8 heteroatoms. The molecule has 2 aliphatic heterocycles. The first-order chi connectivity index (χ1) is 12.4. The Morgan fingerprint density at radius 1 is 1.00 bits per heavy atom. The lowest BCUT2D eigenvalue weighted by atomic mass is 10.2. The molecular formula is C17H23N7O. The van der Waals surface area contributed by atoms with Crippen LogP contribution >= 0.6 is 0 Å². The Bertz CT molecular complexity index is 670. The van der Waals surface area contributed by atoms with E-state index in [4.69, 9.17) is 4.74 Å². The molecule has 0 radical (unpaired) electrons. The van der Waals surface area contributed by atoms with Gasteiger partial charge in [-0.2, -0.15) is 4.98 Å². The van der Waals surface area contributed by atoms with Crippen molar-refractivity contribution in [2.75, 3.05) is 54.4 Å². The van der Waals surface area contributed by atoms with Gasteiger partial charge in [-0.15, -0.1) is 0 Å². The predicted octanol–water partition coefficient (Wildman–Crippen LogP) is 1.18. The molecule has 8 nitrogen and oxygen atoms in total. The van der Waals surface area contributed by atoms with Crippen molar-refractivity contribution in [3.63, 3.8) is 0 Å². The third-order valence-corrected chi connectivity index (χ3v) is 4.58. The minimum atomic E-state index is 0.299. The van der Waals surface area contributed by atoms with Gasteiger partial charge in [-0.25, -0.2) is 15.0 Å². The van der Waals surface area contributed by atoms with Crippen molar-refractivity contribution in [1.82, 2.24) is 19.9 Å². The van der Waals surface area contributed by atoms with Crippen LogP contribution in [0.3, 0.4) is 0 Å². The third-order valence-electron chi connectivity index (χ3n) is 4.58. The second-order valence-corrected chi connectivity index (χ2v) is 6.28. The number of hydrogen-bond donors (Lipinski definition) is 1. The molecule has 2 aromatic rings. The fourth-order valence-electron chi connectivity index (χ4n) is 3.18. The zero-order valence-electron chi connectivity index (χ0n) is 14.2. The van der Waals surface area contributed by atoms with E-state index < -0.39 is 0 Å². The number of anilines is 3.